The second-order valence-electron chi connectivity index (χ2n) is 9.41. The fourth-order valence-electron chi connectivity index (χ4n) is 5.41. The number of nitrogens with zero attached hydrogens (tertiary/aromatic N) is 3. The van der Waals surface area contributed by atoms with Crippen LogP contribution < -0.4 is 10.2 Å². The highest BCUT2D eigenvalue weighted by Gasteiger charge is 2.41. The van der Waals surface area contributed by atoms with E-state index in [2.05, 4.69) is 27.2 Å². The third kappa shape index (κ3) is 3.95. The standard InChI is InChI=1S/C26H25FN4O4/c27-18-12-19-20(15-31(26(19)34)21-2-4-24(32)28-25(21)33)22(13-18)30-8-6-29(7-9-30)14-16-1-3-23-17(11-16)5-10-35-23/h1,3,5,10-13,21H,2,4,6-9,14-15H2,(H,28,32,33). The van der Waals surface area contributed by atoms with Crippen molar-refractivity contribution in [3.63, 3.8) is 0 Å². The molecule has 9 heteroatoms. The van der Waals surface area contributed by atoms with Crippen LogP contribution in [-0.4, -0.2) is 59.7 Å². The van der Waals surface area contributed by atoms with Crippen LogP contribution in [-0.2, 0) is 22.7 Å². The van der Waals surface area contributed by atoms with Crippen molar-refractivity contribution in [3.8, 4) is 0 Å². The van der Waals surface area contributed by atoms with Crippen molar-refractivity contribution in [2.75, 3.05) is 31.1 Å². The lowest BCUT2D eigenvalue weighted by molar-refractivity contribution is -0.136. The minimum atomic E-state index is -0.715. The molecule has 3 aliphatic rings. The van der Waals surface area contributed by atoms with Gasteiger partial charge in [0, 0.05) is 67.9 Å². The zero-order valence-electron chi connectivity index (χ0n) is 19.1. The number of anilines is 1. The highest BCUT2D eigenvalue weighted by molar-refractivity contribution is 6.06. The Labute approximate surface area is 201 Å². The van der Waals surface area contributed by atoms with Crippen LogP contribution in [0.25, 0.3) is 11.0 Å². The van der Waals surface area contributed by atoms with E-state index in [9.17, 15) is 18.8 Å². The molecular weight excluding hydrogens is 451 g/mol. The number of fused-ring (bicyclic) bond motifs is 2. The number of hydrogen-bond acceptors (Lipinski definition) is 6. The van der Waals surface area contributed by atoms with Gasteiger partial charge in [-0.15, -0.1) is 0 Å². The quantitative estimate of drug-likeness (QED) is 0.583. The molecule has 0 radical (unpaired) electrons. The number of carbonyl (C=O) groups excluding carboxylic acids is 3. The Morgan fingerprint density at radius 3 is 2.66 bits per heavy atom. The Kier molecular flexibility index (Phi) is 5.29. The summed E-state index contributed by atoms with van der Waals surface area (Å²) in [6.45, 7) is 4.07. The minimum absolute atomic E-state index is 0.188. The first-order valence-corrected chi connectivity index (χ1v) is 11.9. The Bertz CT molecular complexity index is 1340. The molecule has 35 heavy (non-hydrogen) atoms. The van der Waals surface area contributed by atoms with Gasteiger partial charge in [0.15, 0.2) is 0 Å². The fraction of sp³-hybridized carbons (Fsp3) is 0.346. The van der Waals surface area contributed by atoms with Gasteiger partial charge >= 0.3 is 0 Å². The first kappa shape index (κ1) is 21.8. The van der Waals surface area contributed by atoms with E-state index in [4.69, 9.17) is 4.42 Å². The predicted octanol–water partition coefficient (Wildman–Crippen LogP) is 2.66. The van der Waals surface area contributed by atoms with E-state index in [1.54, 1.807) is 6.26 Å². The van der Waals surface area contributed by atoms with Crippen molar-refractivity contribution in [2.24, 2.45) is 0 Å². The number of benzene rings is 2. The molecule has 0 spiro atoms. The fourth-order valence-corrected chi connectivity index (χ4v) is 5.41. The number of piperidine rings is 1. The Morgan fingerprint density at radius 2 is 1.86 bits per heavy atom. The second kappa shape index (κ2) is 8.49. The molecule has 6 rings (SSSR count). The average Bonchev–Trinajstić information content (AvgIpc) is 3.44. The molecule has 3 aromatic rings. The molecule has 0 aliphatic carbocycles. The topological polar surface area (TPSA) is 86.1 Å². The van der Waals surface area contributed by atoms with Gasteiger partial charge in [0.1, 0.15) is 17.4 Å². The summed E-state index contributed by atoms with van der Waals surface area (Å²) < 4.78 is 20.0. The lowest BCUT2D eigenvalue weighted by Gasteiger charge is -2.37. The number of furan rings is 1. The summed E-state index contributed by atoms with van der Waals surface area (Å²) in [7, 11) is 0. The number of piperazine rings is 1. The zero-order valence-corrected chi connectivity index (χ0v) is 19.1. The normalized spacial score (nSPS) is 21.1. The van der Waals surface area contributed by atoms with Gasteiger partial charge in [-0.1, -0.05) is 6.07 Å². The number of amides is 3. The third-order valence-corrected chi connectivity index (χ3v) is 7.23. The summed E-state index contributed by atoms with van der Waals surface area (Å²) in [4.78, 5) is 42.9. The molecule has 1 aromatic heterocycles. The van der Waals surface area contributed by atoms with Gasteiger partial charge < -0.3 is 14.2 Å². The molecule has 1 unspecified atom stereocenters. The van der Waals surface area contributed by atoms with E-state index in [-0.39, 0.29) is 31.2 Å². The van der Waals surface area contributed by atoms with E-state index in [0.717, 1.165) is 36.2 Å². The van der Waals surface area contributed by atoms with E-state index < -0.39 is 17.8 Å². The SMILES string of the molecule is O=C1CCC(N2Cc3c(cc(F)cc3N3CCN(Cc4ccc5occc5c4)CC3)C2=O)C(=O)N1. The van der Waals surface area contributed by atoms with Crippen LogP contribution in [0.15, 0.2) is 47.1 Å². The number of halogens is 1. The van der Waals surface area contributed by atoms with Gasteiger partial charge in [-0.25, -0.2) is 4.39 Å². The van der Waals surface area contributed by atoms with Crippen molar-refractivity contribution in [1.82, 2.24) is 15.1 Å². The summed E-state index contributed by atoms with van der Waals surface area (Å²) in [6.07, 6.45) is 2.16. The summed E-state index contributed by atoms with van der Waals surface area (Å²) >= 11 is 0. The molecule has 3 amide bonds. The lowest BCUT2D eigenvalue weighted by Crippen LogP contribution is -2.52. The van der Waals surface area contributed by atoms with Crippen LogP contribution in [0.5, 0.6) is 0 Å². The highest BCUT2D eigenvalue weighted by Crippen LogP contribution is 2.35. The van der Waals surface area contributed by atoms with Gasteiger partial charge in [-0.05, 0) is 42.3 Å². The summed E-state index contributed by atoms with van der Waals surface area (Å²) in [5.74, 6) is -1.62. The van der Waals surface area contributed by atoms with Gasteiger partial charge in [-0.3, -0.25) is 24.6 Å². The van der Waals surface area contributed by atoms with Crippen LogP contribution in [0, 0.1) is 5.82 Å². The molecular formula is C26H25FN4O4. The minimum Gasteiger partial charge on any atom is -0.464 e. The van der Waals surface area contributed by atoms with Gasteiger partial charge in [0.2, 0.25) is 11.8 Å². The third-order valence-electron chi connectivity index (χ3n) is 7.23. The molecule has 2 aromatic carbocycles. The first-order valence-electron chi connectivity index (χ1n) is 11.9. The number of imide groups is 1. The summed E-state index contributed by atoms with van der Waals surface area (Å²) in [5, 5.41) is 3.39. The average molecular weight is 477 g/mol. The smallest absolute Gasteiger partial charge is 0.255 e. The van der Waals surface area contributed by atoms with Crippen LogP contribution >= 0.6 is 0 Å². The van der Waals surface area contributed by atoms with E-state index in [1.165, 1.54) is 22.6 Å². The van der Waals surface area contributed by atoms with Crippen molar-refractivity contribution < 1.29 is 23.2 Å². The maximum atomic E-state index is 14.6. The molecule has 2 saturated heterocycles. The van der Waals surface area contributed by atoms with Crippen LogP contribution in [0.1, 0.15) is 34.3 Å². The number of carbonyl (C=O) groups is 3. The van der Waals surface area contributed by atoms with E-state index in [1.807, 2.05) is 12.1 Å². The predicted molar refractivity (Wildman–Crippen MR) is 126 cm³/mol. The molecule has 4 heterocycles. The molecule has 3 aliphatic heterocycles. The van der Waals surface area contributed by atoms with Crippen molar-refractivity contribution in [2.45, 2.75) is 32.0 Å². The highest BCUT2D eigenvalue weighted by atomic mass is 19.1. The molecule has 0 saturated carbocycles. The zero-order chi connectivity index (χ0) is 24.1. The van der Waals surface area contributed by atoms with Crippen LogP contribution in [0.4, 0.5) is 10.1 Å². The van der Waals surface area contributed by atoms with Crippen molar-refractivity contribution >= 4 is 34.4 Å². The van der Waals surface area contributed by atoms with Crippen LogP contribution in [0.2, 0.25) is 0 Å². The van der Waals surface area contributed by atoms with Crippen molar-refractivity contribution in [3.05, 3.63) is 65.2 Å². The lowest BCUT2D eigenvalue weighted by atomic mass is 10.0. The monoisotopic (exact) mass is 476 g/mol. The van der Waals surface area contributed by atoms with Gasteiger partial charge in [0.25, 0.3) is 5.91 Å². The van der Waals surface area contributed by atoms with Crippen molar-refractivity contribution in [1.29, 1.82) is 0 Å². The largest absolute Gasteiger partial charge is 0.464 e. The summed E-state index contributed by atoms with van der Waals surface area (Å²) in [6, 6.07) is 10.2. The number of nitrogens with one attached hydrogen (secondary N) is 1. The number of hydrogen-bond donors (Lipinski definition) is 1. The summed E-state index contributed by atoms with van der Waals surface area (Å²) in [5.41, 5.74) is 3.85. The van der Waals surface area contributed by atoms with Crippen LogP contribution in [0.3, 0.4) is 0 Å². The number of rotatable bonds is 4. The molecule has 1 N–H and O–H groups in total. The van der Waals surface area contributed by atoms with E-state index >= 15 is 0 Å². The second-order valence-corrected chi connectivity index (χ2v) is 9.41. The molecule has 0 bridgehead atoms. The van der Waals surface area contributed by atoms with Gasteiger partial charge in [-0.2, -0.15) is 0 Å². The first-order chi connectivity index (χ1) is 17.0. The molecule has 180 valence electrons. The molecule has 8 nitrogen and oxygen atoms in total. The Morgan fingerprint density at radius 1 is 1.03 bits per heavy atom. The Balaban J connectivity index is 1.17. The Hall–Kier alpha value is -3.72. The van der Waals surface area contributed by atoms with Gasteiger partial charge in [0.05, 0.1) is 6.26 Å². The molecule has 2 fully saturated rings. The maximum Gasteiger partial charge on any atom is 0.255 e. The molecule has 1 atom stereocenters. The van der Waals surface area contributed by atoms with E-state index in [0.29, 0.717) is 24.3 Å². The maximum absolute atomic E-state index is 14.6.